The van der Waals surface area contributed by atoms with E-state index < -0.39 is 6.43 Å². The van der Waals surface area contributed by atoms with Crippen LogP contribution < -0.4 is 0 Å². The van der Waals surface area contributed by atoms with Gasteiger partial charge in [-0.05, 0) is 24.1 Å². The summed E-state index contributed by atoms with van der Waals surface area (Å²) in [7, 11) is 0. The van der Waals surface area contributed by atoms with Crippen molar-refractivity contribution < 1.29 is 13.6 Å². The SMILES string of the molecule is C/C(C=O)=C\c1ccccc1C(F)F. The van der Waals surface area contributed by atoms with Gasteiger partial charge in [0.25, 0.3) is 6.43 Å². The van der Waals surface area contributed by atoms with E-state index in [2.05, 4.69) is 0 Å². The Bertz CT molecular complexity index is 356. The third kappa shape index (κ3) is 2.49. The molecule has 1 rings (SSSR count). The van der Waals surface area contributed by atoms with Crippen LogP contribution in [-0.4, -0.2) is 6.29 Å². The van der Waals surface area contributed by atoms with E-state index in [1.54, 1.807) is 25.1 Å². The summed E-state index contributed by atoms with van der Waals surface area (Å²) in [6.07, 6.45) is -0.418. The molecule has 0 heterocycles. The molecule has 0 atom stereocenters. The van der Waals surface area contributed by atoms with Gasteiger partial charge in [-0.2, -0.15) is 0 Å². The number of carbonyl (C=O) groups excluding carboxylic acids is 1. The molecule has 0 bridgehead atoms. The van der Waals surface area contributed by atoms with Gasteiger partial charge in [0.1, 0.15) is 6.29 Å². The Labute approximate surface area is 81.1 Å². The van der Waals surface area contributed by atoms with Gasteiger partial charge in [0.05, 0.1) is 0 Å². The molecule has 1 aromatic rings. The topological polar surface area (TPSA) is 17.1 Å². The lowest BCUT2D eigenvalue weighted by atomic mass is 10.1. The first-order valence-electron chi connectivity index (χ1n) is 4.15. The van der Waals surface area contributed by atoms with E-state index in [0.717, 1.165) is 0 Å². The van der Waals surface area contributed by atoms with Crippen LogP contribution in [0.1, 0.15) is 24.5 Å². The number of carbonyl (C=O) groups is 1. The highest BCUT2D eigenvalue weighted by Gasteiger charge is 2.09. The normalized spacial score (nSPS) is 11.9. The van der Waals surface area contributed by atoms with Crippen molar-refractivity contribution in [1.82, 2.24) is 0 Å². The van der Waals surface area contributed by atoms with Gasteiger partial charge in [0.2, 0.25) is 0 Å². The number of rotatable bonds is 3. The summed E-state index contributed by atoms with van der Waals surface area (Å²) in [5.74, 6) is 0. The molecular formula is C11H10F2O. The fourth-order valence-electron chi connectivity index (χ4n) is 1.12. The average Bonchev–Trinajstić information content (AvgIpc) is 2.18. The molecule has 0 aliphatic heterocycles. The zero-order chi connectivity index (χ0) is 10.6. The molecule has 0 N–H and O–H groups in total. The Balaban J connectivity index is 3.13. The van der Waals surface area contributed by atoms with Crippen LogP contribution in [0.4, 0.5) is 8.78 Å². The first-order chi connectivity index (χ1) is 6.65. The van der Waals surface area contributed by atoms with Gasteiger partial charge in [-0.25, -0.2) is 8.78 Å². The lowest BCUT2D eigenvalue weighted by Gasteiger charge is -2.04. The van der Waals surface area contributed by atoms with Crippen molar-refractivity contribution in [3.8, 4) is 0 Å². The van der Waals surface area contributed by atoms with Crippen molar-refractivity contribution in [3.63, 3.8) is 0 Å². The van der Waals surface area contributed by atoms with Crippen molar-refractivity contribution in [3.05, 3.63) is 41.0 Å². The van der Waals surface area contributed by atoms with Crippen LogP contribution in [0, 0.1) is 0 Å². The smallest absolute Gasteiger partial charge is 0.264 e. The Morgan fingerprint density at radius 3 is 2.57 bits per heavy atom. The monoisotopic (exact) mass is 196 g/mol. The Kier molecular flexibility index (Phi) is 3.51. The number of allylic oxidation sites excluding steroid dienone is 1. The number of benzene rings is 1. The summed E-state index contributed by atoms with van der Waals surface area (Å²) < 4.78 is 24.9. The van der Waals surface area contributed by atoms with E-state index in [9.17, 15) is 13.6 Å². The number of alkyl halides is 2. The maximum atomic E-state index is 12.5. The fraction of sp³-hybridized carbons (Fsp3) is 0.182. The Morgan fingerprint density at radius 1 is 1.36 bits per heavy atom. The van der Waals surface area contributed by atoms with E-state index in [-0.39, 0.29) is 5.56 Å². The summed E-state index contributed by atoms with van der Waals surface area (Å²) in [5, 5.41) is 0. The first-order valence-corrected chi connectivity index (χ1v) is 4.15. The molecule has 1 nitrogen and oxygen atoms in total. The molecule has 0 unspecified atom stereocenters. The van der Waals surface area contributed by atoms with Gasteiger partial charge < -0.3 is 0 Å². The van der Waals surface area contributed by atoms with Gasteiger partial charge in [0, 0.05) is 5.56 Å². The molecule has 0 amide bonds. The van der Waals surface area contributed by atoms with Crippen molar-refractivity contribution in [2.75, 3.05) is 0 Å². The number of hydrogen-bond donors (Lipinski definition) is 0. The fourth-order valence-corrected chi connectivity index (χ4v) is 1.12. The van der Waals surface area contributed by atoms with Gasteiger partial charge in [-0.1, -0.05) is 24.3 Å². The Morgan fingerprint density at radius 2 is 2.00 bits per heavy atom. The minimum atomic E-state index is -2.51. The second-order valence-electron chi connectivity index (χ2n) is 2.94. The molecule has 0 aliphatic carbocycles. The first kappa shape index (κ1) is 10.6. The highest BCUT2D eigenvalue weighted by atomic mass is 19.3. The summed E-state index contributed by atoms with van der Waals surface area (Å²) >= 11 is 0. The molecule has 3 heteroatoms. The van der Waals surface area contributed by atoms with E-state index in [1.165, 1.54) is 12.1 Å². The summed E-state index contributed by atoms with van der Waals surface area (Å²) in [6.45, 7) is 1.58. The van der Waals surface area contributed by atoms with E-state index in [4.69, 9.17) is 0 Å². The standard InChI is InChI=1S/C11H10F2O/c1-8(7-14)6-9-4-2-3-5-10(9)11(12)13/h2-7,11H,1H3/b8-6+. The van der Waals surface area contributed by atoms with Crippen LogP contribution in [-0.2, 0) is 4.79 Å². The molecule has 1 aromatic carbocycles. The van der Waals surface area contributed by atoms with E-state index in [0.29, 0.717) is 17.4 Å². The van der Waals surface area contributed by atoms with Gasteiger partial charge in [0.15, 0.2) is 0 Å². The van der Waals surface area contributed by atoms with Crippen LogP contribution in [0.25, 0.3) is 6.08 Å². The molecule has 14 heavy (non-hydrogen) atoms. The van der Waals surface area contributed by atoms with Crippen molar-refractivity contribution >= 4 is 12.4 Å². The molecule has 74 valence electrons. The average molecular weight is 196 g/mol. The summed E-state index contributed by atoms with van der Waals surface area (Å²) in [4.78, 5) is 10.3. The Hall–Kier alpha value is -1.51. The van der Waals surface area contributed by atoms with Crippen molar-refractivity contribution in [1.29, 1.82) is 0 Å². The highest BCUT2D eigenvalue weighted by Crippen LogP contribution is 2.24. The molecular weight excluding hydrogens is 186 g/mol. The lowest BCUT2D eigenvalue weighted by Crippen LogP contribution is -1.89. The molecule has 0 aromatic heterocycles. The molecule has 0 spiro atoms. The number of aldehydes is 1. The maximum Gasteiger partial charge on any atom is 0.264 e. The molecule has 0 saturated heterocycles. The quantitative estimate of drug-likeness (QED) is 0.535. The van der Waals surface area contributed by atoms with Gasteiger partial charge in [-0.15, -0.1) is 0 Å². The number of halogens is 2. The van der Waals surface area contributed by atoms with Gasteiger partial charge >= 0.3 is 0 Å². The van der Waals surface area contributed by atoms with Crippen molar-refractivity contribution in [2.45, 2.75) is 13.3 Å². The second kappa shape index (κ2) is 4.65. The van der Waals surface area contributed by atoms with Crippen molar-refractivity contribution in [2.24, 2.45) is 0 Å². The van der Waals surface area contributed by atoms with Crippen LogP contribution in [0.5, 0.6) is 0 Å². The predicted molar refractivity (Wildman–Crippen MR) is 51.1 cm³/mol. The molecule has 0 aliphatic rings. The van der Waals surface area contributed by atoms with E-state index in [1.807, 2.05) is 0 Å². The van der Waals surface area contributed by atoms with Crippen LogP contribution >= 0.6 is 0 Å². The predicted octanol–water partition coefficient (Wildman–Crippen LogP) is 3.23. The zero-order valence-electron chi connectivity index (χ0n) is 7.71. The minimum absolute atomic E-state index is 0.0475. The van der Waals surface area contributed by atoms with Gasteiger partial charge in [-0.3, -0.25) is 4.79 Å². The highest BCUT2D eigenvalue weighted by molar-refractivity contribution is 5.81. The largest absolute Gasteiger partial charge is 0.298 e. The summed E-state index contributed by atoms with van der Waals surface area (Å²) in [6, 6.07) is 6.13. The second-order valence-corrected chi connectivity index (χ2v) is 2.94. The molecule has 0 fully saturated rings. The summed E-state index contributed by atoms with van der Waals surface area (Å²) in [5.41, 5.74) is 0.777. The maximum absolute atomic E-state index is 12.5. The van der Waals surface area contributed by atoms with Crippen LogP contribution in [0.3, 0.4) is 0 Å². The lowest BCUT2D eigenvalue weighted by molar-refractivity contribution is -0.104. The third-order valence-corrected chi connectivity index (χ3v) is 1.80. The molecule has 0 radical (unpaired) electrons. The minimum Gasteiger partial charge on any atom is -0.298 e. The van der Waals surface area contributed by atoms with Crippen LogP contribution in [0.2, 0.25) is 0 Å². The van der Waals surface area contributed by atoms with E-state index >= 15 is 0 Å². The molecule has 0 saturated carbocycles. The van der Waals surface area contributed by atoms with Crippen LogP contribution in [0.15, 0.2) is 29.8 Å². The number of hydrogen-bond acceptors (Lipinski definition) is 1. The third-order valence-electron chi connectivity index (χ3n) is 1.80. The zero-order valence-corrected chi connectivity index (χ0v) is 7.71.